The largest absolute Gasteiger partial charge is 0.409 e. The number of hydrogen-bond donors (Lipinski definition) is 2. The molecular formula is C14H28N4O2. The topological polar surface area (TPSA) is 82.2 Å². The normalized spacial score (nSPS) is 21.4. The lowest BCUT2D eigenvalue weighted by atomic mass is 9.79. The minimum absolute atomic E-state index is 0.00986. The highest BCUT2D eigenvalue weighted by Crippen LogP contribution is 2.31. The van der Waals surface area contributed by atoms with Crippen molar-refractivity contribution < 1.29 is 10.0 Å². The van der Waals surface area contributed by atoms with Crippen LogP contribution in [0.4, 0.5) is 0 Å². The number of rotatable bonds is 5. The fourth-order valence-corrected chi connectivity index (χ4v) is 2.98. The van der Waals surface area contributed by atoms with Gasteiger partial charge in [-0.1, -0.05) is 19.0 Å². The Kier molecular flexibility index (Phi) is 5.80. The van der Waals surface area contributed by atoms with Crippen LogP contribution < -0.4 is 5.73 Å². The van der Waals surface area contributed by atoms with E-state index in [1.807, 2.05) is 32.8 Å². The first-order valence-corrected chi connectivity index (χ1v) is 7.36. The summed E-state index contributed by atoms with van der Waals surface area (Å²) in [5.41, 5.74) is 4.95. The third kappa shape index (κ3) is 3.06. The standard InChI is InChI=1S/C14H28N4O2/c1-5-14(6-2,12(15)16-20)13(19)18-9-7-8-11(10-18)17(3)4/h11,20H,5-10H2,1-4H3,(H2,15,16). The van der Waals surface area contributed by atoms with Crippen molar-refractivity contribution in [3.63, 3.8) is 0 Å². The molecular weight excluding hydrogens is 256 g/mol. The van der Waals surface area contributed by atoms with E-state index in [1.54, 1.807) is 0 Å². The van der Waals surface area contributed by atoms with Crippen molar-refractivity contribution in [3.8, 4) is 0 Å². The monoisotopic (exact) mass is 284 g/mol. The molecule has 1 rings (SSSR count). The smallest absolute Gasteiger partial charge is 0.236 e. The van der Waals surface area contributed by atoms with Gasteiger partial charge in [-0.3, -0.25) is 4.79 Å². The van der Waals surface area contributed by atoms with Crippen LogP contribution in [0.25, 0.3) is 0 Å². The van der Waals surface area contributed by atoms with Gasteiger partial charge in [0.25, 0.3) is 0 Å². The first kappa shape index (κ1) is 16.8. The van der Waals surface area contributed by atoms with Gasteiger partial charge in [-0.15, -0.1) is 0 Å². The van der Waals surface area contributed by atoms with Crippen molar-refractivity contribution >= 4 is 11.7 Å². The van der Waals surface area contributed by atoms with Gasteiger partial charge < -0.3 is 20.7 Å². The maximum absolute atomic E-state index is 12.9. The SMILES string of the molecule is CCC(CC)(C(=O)N1CCCC(N(C)C)C1)C(N)=NO. The molecule has 1 aliphatic heterocycles. The summed E-state index contributed by atoms with van der Waals surface area (Å²) < 4.78 is 0. The Morgan fingerprint density at radius 3 is 2.50 bits per heavy atom. The molecule has 20 heavy (non-hydrogen) atoms. The number of likely N-dealkylation sites (N-methyl/N-ethyl adjacent to an activating group) is 1. The highest BCUT2D eigenvalue weighted by atomic mass is 16.4. The van der Waals surface area contributed by atoms with Crippen LogP contribution in [-0.4, -0.2) is 60.0 Å². The average Bonchev–Trinajstić information content (AvgIpc) is 2.48. The number of hydrogen-bond acceptors (Lipinski definition) is 4. The molecule has 0 aromatic carbocycles. The fraction of sp³-hybridized carbons (Fsp3) is 0.857. The summed E-state index contributed by atoms with van der Waals surface area (Å²) in [7, 11) is 4.07. The molecule has 1 unspecified atom stereocenters. The number of carbonyl (C=O) groups is 1. The van der Waals surface area contributed by atoms with Gasteiger partial charge in [0.05, 0.1) is 0 Å². The molecule has 6 heteroatoms. The summed E-state index contributed by atoms with van der Waals surface area (Å²) in [6.07, 6.45) is 3.18. The molecule has 1 saturated heterocycles. The number of amides is 1. The van der Waals surface area contributed by atoms with Gasteiger partial charge in [0.1, 0.15) is 5.41 Å². The van der Waals surface area contributed by atoms with Gasteiger partial charge in [0, 0.05) is 19.1 Å². The predicted molar refractivity (Wildman–Crippen MR) is 79.7 cm³/mol. The first-order chi connectivity index (χ1) is 9.42. The Morgan fingerprint density at radius 1 is 1.45 bits per heavy atom. The van der Waals surface area contributed by atoms with Gasteiger partial charge in [-0.2, -0.15) is 0 Å². The molecule has 0 radical (unpaired) electrons. The zero-order chi connectivity index (χ0) is 15.3. The number of piperidine rings is 1. The quantitative estimate of drug-likeness (QED) is 0.343. The molecule has 116 valence electrons. The molecule has 0 aromatic rings. The molecule has 1 atom stereocenters. The number of amidine groups is 1. The van der Waals surface area contributed by atoms with Crippen molar-refractivity contribution in [2.45, 2.75) is 45.6 Å². The van der Waals surface area contributed by atoms with E-state index < -0.39 is 5.41 Å². The van der Waals surface area contributed by atoms with E-state index in [2.05, 4.69) is 10.1 Å². The second-order valence-corrected chi connectivity index (χ2v) is 5.79. The second-order valence-electron chi connectivity index (χ2n) is 5.79. The lowest BCUT2D eigenvalue weighted by Crippen LogP contribution is -2.55. The van der Waals surface area contributed by atoms with Crippen molar-refractivity contribution in [1.29, 1.82) is 0 Å². The average molecular weight is 284 g/mol. The van der Waals surface area contributed by atoms with Gasteiger partial charge in [0.2, 0.25) is 5.91 Å². The van der Waals surface area contributed by atoms with Gasteiger partial charge in [-0.25, -0.2) is 0 Å². The molecule has 0 aliphatic carbocycles. The summed E-state index contributed by atoms with van der Waals surface area (Å²) >= 11 is 0. The van der Waals surface area contributed by atoms with Crippen LogP contribution in [-0.2, 0) is 4.79 Å². The summed E-state index contributed by atoms with van der Waals surface area (Å²) in [5.74, 6) is 0.0174. The highest BCUT2D eigenvalue weighted by molar-refractivity contribution is 6.06. The van der Waals surface area contributed by atoms with Crippen LogP contribution in [0, 0.1) is 5.41 Å². The number of carbonyl (C=O) groups excluding carboxylic acids is 1. The molecule has 1 amide bonds. The Morgan fingerprint density at radius 2 is 2.05 bits per heavy atom. The zero-order valence-electron chi connectivity index (χ0n) is 13.1. The number of nitrogens with two attached hydrogens (primary N) is 1. The van der Waals surface area contributed by atoms with Crippen molar-refractivity contribution in [2.75, 3.05) is 27.2 Å². The maximum Gasteiger partial charge on any atom is 0.236 e. The fourth-order valence-electron chi connectivity index (χ4n) is 2.98. The van der Waals surface area contributed by atoms with Crippen LogP contribution >= 0.6 is 0 Å². The van der Waals surface area contributed by atoms with E-state index in [1.165, 1.54) is 0 Å². The van der Waals surface area contributed by atoms with Crippen molar-refractivity contribution in [1.82, 2.24) is 9.80 Å². The number of nitrogens with zero attached hydrogens (tertiary/aromatic N) is 3. The van der Waals surface area contributed by atoms with Crippen LogP contribution in [0.15, 0.2) is 5.16 Å². The summed E-state index contributed by atoms with van der Waals surface area (Å²) in [6, 6.07) is 0.381. The lowest BCUT2D eigenvalue weighted by molar-refractivity contribution is -0.140. The van der Waals surface area contributed by atoms with Crippen LogP contribution in [0.3, 0.4) is 0 Å². The van der Waals surface area contributed by atoms with E-state index in [4.69, 9.17) is 10.9 Å². The van der Waals surface area contributed by atoms with Crippen LogP contribution in [0.5, 0.6) is 0 Å². The first-order valence-electron chi connectivity index (χ1n) is 7.36. The molecule has 1 heterocycles. The Labute approximate surface area is 121 Å². The molecule has 6 nitrogen and oxygen atoms in total. The van der Waals surface area contributed by atoms with Gasteiger partial charge in [-0.05, 0) is 39.8 Å². The minimum Gasteiger partial charge on any atom is -0.409 e. The molecule has 1 fully saturated rings. The summed E-state index contributed by atoms with van der Waals surface area (Å²) in [6.45, 7) is 5.29. The van der Waals surface area contributed by atoms with Crippen molar-refractivity contribution in [2.24, 2.45) is 16.3 Å². The summed E-state index contributed by atoms with van der Waals surface area (Å²) in [4.78, 5) is 16.9. The molecule has 0 aromatic heterocycles. The van der Waals surface area contributed by atoms with Crippen molar-refractivity contribution in [3.05, 3.63) is 0 Å². The van der Waals surface area contributed by atoms with Gasteiger partial charge in [0.15, 0.2) is 5.84 Å². The molecule has 0 bridgehead atoms. The van der Waals surface area contributed by atoms with E-state index >= 15 is 0 Å². The Bertz CT molecular complexity index is 364. The van der Waals surface area contributed by atoms with Crippen LogP contribution in [0.1, 0.15) is 39.5 Å². The number of likely N-dealkylation sites (tertiary alicyclic amines) is 1. The molecule has 0 spiro atoms. The Balaban J connectivity index is 2.95. The Hall–Kier alpha value is -1.30. The minimum atomic E-state index is -0.872. The van der Waals surface area contributed by atoms with E-state index in [0.717, 1.165) is 19.4 Å². The zero-order valence-corrected chi connectivity index (χ0v) is 13.1. The third-order valence-electron chi connectivity index (χ3n) is 4.63. The predicted octanol–water partition coefficient (Wildman–Crippen LogP) is 1.09. The summed E-state index contributed by atoms with van der Waals surface area (Å²) in [5, 5.41) is 12.1. The highest BCUT2D eigenvalue weighted by Gasteiger charge is 2.43. The molecule has 1 aliphatic rings. The van der Waals surface area contributed by atoms with Crippen LogP contribution in [0.2, 0.25) is 0 Å². The van der Waals surface area contributed by atoms with E-state index in [9.17, 15) is 4.79 Å². The van der Waals surface area contributed by atoms with Gasteiger partial charge >= 0.3 is 0 Å². The third-order valence-corrected chi connectivity index (χ3v) is 4.63. The van der Waals surface area contributed by atoms with E-state index in [0.29, 0.717) is 25.4 Å². The second kappa shape index (κ2) is 6.92. The maximum atomic E-state index is 12.9. The molecule has 0 saturated carbocycles. The lowest BCUT2D eigenvalue weighted by Gasteiger charge is -2.41. The number of oxime groups is 1. The molecule has 3 N–H and O–H groups in total. The van der Waals surface area contributed by atoms with E-state index in [-0.39, 0.29) is 11.7 Å².